The number of benzene rings is 3. The van der Waals surface area contributed by atoms with E-state index in [2.05, 4.69) is 17.4 Å². The predicted molar refractivity (Wildman–Crippen MR) is 139 cm³/mol. The van der Waals surface area contributed by atoms with Gasteiger partial charge in [-0.3, -0.25) is 4.79 Å². The Labute approximate surface area is 205 Å². The average Bonchev–Trinajstić information content (AvgIpc) is 3.25. The molecule has 0 radical (unpaired) electrons. The molecule has 178 valence electrons. The molecule has 35 heavy (non-hydrogen) atoms. The van der Waals surface area contributed by atoms with Crippen LogP contribution in [0.15, 0.2) is 60.7 Å². The molecule has 6 heteroatoms. The Morgan fingerprint density at radius 1 is 0.943 bits per heavy atom. The molecule has 0 atom stereocenters. The van der Waals surface area contributed by atoms with Gasteiger partial charge < -0.3 is 19.7 Å². The molecule has 0 fully saturated rings. The minimum atomic E-state index is -0.0676. The maximum Gasteiger partial charge on any atom is 0.251 e. The molecule has 1 aromatic heterocycles. The number of nitrogens with zero attached hydrogens (tertiary/aromatic N) is 2. The Balaban J connectivity index is 1.62. The standard InChI is InChI=1S/C29H29N3O3/c1-32(2)16-15-30-29(33)19-13-11-18(12-14-19)26-21-8-6-10-25(35-4)28(21)31-27-20-7-5-9-24(34-3)22(20)17-23(26)27/h5-14H,15-17H2,1-4H3,(H,30,33). The van der Waals surface area contributed by atoms with Gasteiger partial charge in [-0.05, 0) is 55.1 Å². The van der Waals surface area contributed by atoms with Crippen molar-refractivity contribution in [3.63, 3.8) is 0 Å². The summed E-state index contributed by atoms with van der Waals surface area (Å²) in [6.07, 6.45) is 0.733. The lowest BCUT2D eigenvalue weighted by Gasteiger charge is -2.15. The monoisotopic (exact) mass is 467 g/mol. The fourth-order valence-corrected chi connectivity index (χ4v) is 4.81. The number of fused-ring (bicyclic) bond motifs is 4. The van der Waals surface area contributed by atoms with Crippen LogP contribution in [-0.2, 0) is 6.42 Å². The lowest BCUT2D eigenvalue weighted by atomic mass is 9.93. The van der Waals surface area contributed by atoms with Crippen molar-refractivity contribution in [1.82, 2.24) is 15.2 Å². The molecule has 0 saturated heterocycles. The van der Waals surface area contributed by atoms with E-state index in [1.54, 1.807) is 14.2 Å². The van der Waals surface area contributed by atoms with Crippen molar-refractivity contribution in [2.24, 2.45) is 0 Å². The Morgan fingerprint density at radius 3 is 2.37 bits per heavy atom. The number of likely N-dealkylation sites (N-methyl/N-ethyl adjacent to an activating group) is 1. The third kappa shape index (κ3) is 4.10. The van der Waals surface area contributed by atoms with Crippen LogP contribution in [-0.4, -0.2) is 57.2 Å². The molecule has 1 heterocycles. The zero-order valence-corrected chi connectivity index (χ0v) is 20.5. The van der Waals surface area contributed by atoms with Crippen molar-refractivity contribution in [2.75, 3.05) is 41.4 Å². The summed E-state index contributed by atoms with van der Waals surface area (Å²) in [5.41, 5.74) is 7.97. The molecular formula is C29H29N3O3. The zero-order valence-electron chi connectivity index (χ0n) is 20.5. The second-order valence-electron chi connectivity index (χ2n) is 8.97. The summed E-state index contributed by atoms with van der Waals surface area (Å²) in [7, 11) is 7.35. The van der Waals surface area contributed by atoms with E-state index in [-0.39, 0.29) is 5.91 Å². The normalized spacial score (nSPS) is 11.9. The molecule has 0 bridgehead atoms. The maximum atomic E-state index is 12.6. The minimum Gasteiger partial charge on any atom is -0.496 e. The molecule has 0 unspecified atom stereocenters. The number of amides is 1. The highest BCUT2D eigenvalue weighted by molar-refractivity contribution is 6.04. The fraction of sp³-hybridized carbons (Fsp3) is 0.241. The summed E-state index contributed by atoms with van der Waals surface area (Å²) >= 11 is 0. The van der Waals surface area contributed by atoms with E-state index in [1.165, 1.54) is 0 Å². The third-order valence-electron chi connectivity index (χ3n) is 6.54. The Hall–Kier alpha value is -3.90. The third-order valence-corrected chi connectivity index (χ3v) is 6.54. The van der Waals surface area contributed by atoms with Crippen molar-refractivity contribution in [3.05, 3.63) is 77.4 Å². The number of carbonyl (C=O) groups excluding carboxylic acids is 1. The first kappa shape index (κ1) is 22.9. The van der Waals surface area contributed by atoms with Gasteiger partial charge in [0.1, 0.15) is 17.0 Å². The minimum absolute atomic E-state index is 0.0676. The molecule has 0 aliphatic heterocycles. The molecule has 1 aliphatic rings. The van der Waals surface area contributed by atoms with E-state index in [0.29, 0.717) is 12.1 Å². The lowest BCUT2D eigenvalue weighted by molar-refractivity contribution is 0.0951. The van der Waals surface area contributed by atoms with Crippen LogP contribution in [0, 0.1) is 0 Å². The number of nitrogens with one attached hydrogen (secondary N) is 1. The summed E-state index contributed by atoms with van der Waals surface area (Å²) in [6.45, 7) is 1.40. The number of methoxy groups -OCH3 is 2. The second-order valence-corrected chi connectivity index (χ2v) is 8.97. The molecule has 1 aliphatic carbocycles. The van der Waals surface area contributed by atoms with Gasteiger partial charge in [-0.1, -0.05) is 36.4 Å². The number of para-hydroxylation sites is 1. The Morgan fingerprint density at radius 2 is 1.66 bits per heavy atom. The van der Waals surface area contributed by atoms with Crippen LogP contribution in [0.3, 0.4) is 0 Å². The number of carbonyl (C=O) groups is 1. The zero-order chi connectivity index (χ0) is 24.5. The quantitative estimate of drug-likeness (QED) is 0.373. The van der Waals surface area contributed by atoms with Crippen molar-refractivity contribution < 1.29 is 14.3 Å². The molecule has 1 N–H and O–H groups in total. The van der Waals surface area contributed by atoms with E-state index >= 15 is 0 Å². The van der Waals surface area contributed by atoms with Crippen LogP contribution in [0.4, 0.5) is 0 Å². The van der Waals surface area contributed by atoms with E-state index in [4.69, 9.17) is 14.5 Å². The molecule has 0 spiro atoms. The Bertz CT molecular complexity index is 1410. The van der Waals surface area contributed by atoms with Gasteiger partial charge in [0.25, 0.3) is 5.91 Å². The molecule has 5 rings (SSSR count). The molecule has 1 amide bonds. The number of ether oxygens (including phenoxy) is 2. The lowest BCUT2D eigenvalue weighted by Crippen LogP contribution is -2.31. The van der Waals surface area contributed by atoms with E-state index in [1.807, 2.05) is 67.5 Å². The smallest absolute Gasteiger partial charge is 0.251 e. The van der Waals surface area contributed by atoms with Crippen molar-refractivity contribution in [2.45, 2.75) is 6.42 Å². The second kappa shape index (κ2) is 9.39. The van der Waals surface area contributed by atoms with Crippen LogP contribution < -0.4 is 14.8 Å². The van der Waals surface area contributed by atoms with E-state index in [9.17, 15) is 4.79 Å². The van der Waals surface area contributed by atoms with Gasteiger partial charge in [0.15, 0.2) is 0 Å². The summed E-state index contributed by atoms with van der Waals surface area (Å²) in [4.78, 5) is 19.7. The van der Waals surface area contributed by atoms with Gasteiger partial charge in [0, 0.05) is 41.6 Å². The predicted octanol–water partition coefficient (Wildman–Crippen LogP) is 4.78. The van der Waals surface area contributed by atoms with Crippen molar-refractivity contribution in [3.8, 4) is 33.9 Å². The number of pyridine rings is 1. The molecule has 3 aromatic carbocycles. The highest BCUT2D eigenvalue weighted by Crippen LogP contribution is 2.47. The van der Waals surface area contributed by atoms with Gasteiger partial charge in [0.2, 0.25) is 0 Å². The SMILES string of the molecule is COc1cccc2c1Cc1c-2nc2c(OC)cccc2c1-c1ccc(C(=O)NCCN(C)C)cc1. The molecule has 4 aromatic rings. The van der Waals surface area contributed by atoms with Crippen molar-refractivity contribution in [1.29, 1.82) is 0 Å². The molecular weight excluding hydrogens is 438 g/mol. The fourth-order valence-electron chi connectivity index (χ4n) is 4.81. The van der Waals surface area contributed by atoms with Crippen LogP contribution in [0.1, 0.15) is 21.5 Å². The van der Waals surface area contributed by atoms with Crippen LogP contribution in [0.5, 0.6) is 11.5 Å². The summed E-state index contributed by atoms with van der Waals surface area (Å²) in [5.74, 6) is 1.54. The number of rotatable bonds is 7. The first-order valence-electron chi connectivity index (χ1n) is 11.7. The number of hydrogen-bond acceptors (Lipinski definition) is 5. The Kier molecular flexibility index (Phi) is 6.14. The largest absolute Gasteiger partial charge is 0.496 e. The number of aromatic nitrogens is 1. The number of hydrogen-bond donors (Lipinski definition) is 1. The topological polar surface area (TPSA) is 63.7 Å². The highest BCUT2D eigenvalue weighted by atomic mass is 16.5. The maximum absolute atomic E-state index is 12.6. The summed E-state index contributed by atoms with van der Waals surface area (Å²) < 4.78 is 11.3. The van der Waals surface area contributed by atoms with Crippen LogP contribution >= 0.6 is 0 Å². The highest BCUT2D eigenvalue weighted by Gasteiger charge is 2.28. The van der Waals surface area contributed by atoms with Crippen LogP contribution in [0.25, 0.3) is 33.3 Å². The van der Waals surface area contributed by atoms with E-state index < -0.39 is 0 Å². The first-order chi connectivity index (χ1) is 17.0. The first-order valence-corrected chi connectivity index (χ1v) is 11.7. The van der Waals surface area contributed by atoms with Gasteiger partial charge in [-0.15, -0.1) is 0 Å². The summed E-state index contributed by atoms with van der Waals surface area (Å²) in [6, 6.07) is 19.9. The van der Waals surface area contributed by atoms with Crippen LogP contribution in [0.2, 0.25) is 0 Å². The van der Waals surface area contributed by atoms with Gasteiger partial charge in [-0.25, -0.2) is 4.98 Å². The van der Waals surface area contributed by atoms with E-state index in [0.717, 1.165) is 68.9 Å². The molecule has 0 saturated carbocycles. The van der Waals surface area contributed by atoms with Crippen molar-refractivity contribution >= 4 is 16.8 Å². The average molecular weight is 468 g/mol. The van der Waals surface area contributed by atoms with Gasteiger partial charge in [0.05, 0.1) is 19.9 Å². The molecule has 6 nitrogen and oxygen atoms in total. The van der Waals surface area contributed by atoms with Gasteiger partial charge >= 0.3 is 0 Å². The van der Waals surface area contributed by atoms with Gasteiger partial charge in [-0.2, -0.15) is 0 Å². The summed E-state index contributed by atoms with van der Waals surface area (Å²) in [5, 5.41) is 4.01.